The summed E-state index contributed by atoms with van der Waals surface area (Å²) in [7, 11) is 0. The van der Waals surface area contributed by atoms with Gasteiger partial charge in [-0.15, -0.1) is 0 Å². The molecular weight excluding hydrogens is 116 g/mol. The van der Waals surface area contributed by atoms with Gasteiger partial charge in [-0.2, -0.15) is 0 Å². The molecule has 0 spiro atoms. The molecule has 0 bridgehead atoms. The highest BCUT2D eigenvalue weighted by Gasteiger charge is 1.95. The normalized spacial score (nSPS) is 12.0. The van der Waals surface area contributed by atoms with Gasteiger partial charge in [0.05, 0.1) is 0 Å². The van der Waals surface area contributed by atoms with E-state index in [2.05, 4.69) is 0 Å². The van der Waals surface area contributed by atoms with Crippen LogP contribution in [0.25, 0.3) is 0 Å². The van der Waals surface area contributed by atoms with Crippen molar-refractivity contribution in [3.63, 3.8) is 0 Å². The summed E-state index contributed by atoms with van der Waals surface area (Å²) in [5.41, 5.74) is 0. The summed E-state index contributed by atoms with van der Waals surface area (Å²) in [6.07, 6.45) is 4.50. The predicted molar refractivity (Wildman–Crippen MR) is 39.4 cm³/mol. The molecule has 0 radical (unpaired) electrons. The molecule has 1 aliphatic carbocycles. The minimum atomic E-state index is 0.250. The average molecular weight is 134 g/mol. The lowest BCUT2D eigenvalue weighted by Gasteiger charge is -1.52. The van der Waals surface area contributed by atoms with E-state index in [1.807, 2.05) is 0 Å². The van der Waals surface area contributed by atoms with Crippen molar-refractivity contribution in [1.82, 2.24) is 0 Å². The molecule has 0 aromatic rings. The Morgan fingerprint density at radius 3 is 1.00 bits per heavy atom. The largest absolute Gasteiger partial charge is 0.397 e. The molecule has 58 valence electrons. The van der Waals surface area contributed by atoms with Gasteiger partial charge in [0.1, 0.15) is 0 Å². The first-order valence-corrected chi connectivity index (χ1v) is 3.55. The van der Waals surface area contributed by atoms with Crippen molar-refractivity contribution < 1.29 is 10.2 Å². The molecule has 0 saturated heterocycles. The number of hydrogen-bond donors (Lipinski definition) is 2. The van der Waals surface area contributed by atoms with E-state index in [1.54, 1.807) is 13.8 Å². The minimum absolute atomic E-state index is 0.250. The van der Waals surface area contributed by atoms with Gasteiger partial charge in [-0.1, -0.05) is 19.3 Å². The minimum Gasteiger partial charge on any atom is -0.397 e. The standard InChI is InChI=1S/C3H6.2C2H6O/c1-2-3-1;2*1-2-3/h1-3H2;2*3H,2H2,1H3. The topological polar surface area (TPSA) is 40.5 Å². The number of hydrogen-bond acceptors (Lipinski definition) is 2. The van der Waals surface area contributed by atoms with Crippen LogP contribution < -0.4 is 0 Å². The van der Waals surface area contributed by atoms with Gasteiger partial charge in [0.2, 0.25) is 0 Å². The highest BCUT2D eigenvalue weighted by atomic mass is 16.3. The van der Waals surface area contributed by atoms with Crippen LogP contribution in [0.3, 0.4) is 0 Å². The third kappa shape index (κ3) is 328. The van der Waals surface area contributed by atoms with E-state index in [0.29, 0.717) is 0 Å². The highest BCUT2D eigenvalue weighted by molar-refractivity contribution is 4.50. The van der Waals surface area contributed by atoms with Crippen molar-refractivity contribution in [2.75, 3.05) is 13.2 Å². The Morgan fingerprint density at radius 2 is 1.00 bits per heavy atom. The van der Waals surface area contributed by atoms with E-state index >= 15 is 0 Å². The van der Waals surface area contributed by atoms with Gasteiger partial charge in [-0.05, 0) is 13.8 Å². The van der Waals surface area contributed by atoms with E-state index in [9.17, 15) is 0 Å². The molecule has 0 aromatic carbocycles. The molecule has 2 heteroatoms. The Bertz CT molecular complexity index is 23.3. The van der Waals surface area contributed by atoms with Gasteiger partial charge >= 0.3 is 0 Å². The second-order valence-corrected chi connectivity index (χ2v) is 1.69. The lowest BCUT2D eigenvalue weighted by molar-refractivity contribution is 0.318. The molecule has 0 atom stereocenters. The number of rotatable bonds is 0. The van der Waals surface area contributed by atoms with Crippen LogP contribution in [-0.2, 0) is 0 Å². The van der Waals surface area contributed by atoms with Crippen LogP contribution in [0.2, 0.25) is 0 Å². The van der Waals surface area contributed by atoms with Crippen LogP contribution in [-0.4, -0.2) is 23.4 Å². The van der Waals surface area contributed by atoms with Crippen LogP contribution in [0.15, 0.2) is 0 Å². The van der Waals surface area contributed by atoms with Gasteiger partial charge in [-0.3, -0.25) is 0 Å². The first-order valence-electron chi connectivity index (χ1n) is 3.55. The summed E-state index contributed by atoms with van der Waals surface area (Å²) in [5, 5.41) is 15.1. The lowest BCUT2D eigenvalue weighted by atomic mass is 10.9. The van der Waals surface area contributed by atoms with Crippen molar-refractivity contribution in [2.24, 2.45) is 0 Å². The van der Waals surface area contributed by atoms with Crippen molar-refractivity contribution in [2.45, 2.75) is 33.1 Å². The van der Waals surface area contributed by atoms with Crippen molar-refractivity contribution in [3.8, 4) is 0 Å². The zero-order chi connectivity index (χ0) is 7.54. The first-order chi connectivity index (χ1) is 4.33. The van der Waals surface area contributed by atoms with Crippen LogP contribution in [0.4, 0.5) is 0 Å². The third-order valence-electron chi connectivity index (χ3n) is 0.354. The summed E-state index contributed by atoms with van der Waals surface area (Å²) >= 11 is 0. The van der Waals surface area contributed by atoms with Gasteiger partial charge in [-0.25, -0.2) is 0 Å². The van der Waals surface area contributed by atoms with Crippen LogP contribution in [0.5, 0.6) is 0 Å². The van der Waals surface area contributed by atoms with E-state index in [-0.39, 0.29) is 13.2 Å². The molecule has 0 aromatic heterocycles. The maximum Gasteiger partial charge on any atom is 0.0402 e. The van der Waals surface area contributed by atoms with E-state index in [4.69, 9.17) is 10.2 Å². The molecule has 0 unspecified atom stereocenters. The molecule has 0 heterocycles. The summed E-state index contributed by atoms with van der Waals surface area (Å²) in [4.78, 5) is 0. The molecule has 9 heavy (non-hydrogen) atoms. The second kappa shape index (κ2) is 15.7. The molecule has 1 saturated carbocycles. The average Bonchev–Trinajstić information content (AvgIpc) is 2.48. The Hall–Kier alpha value is -0.0800. The second-order valence-electron chi connectivity index (χ2n) is 1.69. The predicted octanol–water partition coefficient (Wildman–Crippen LogP) is 1.17. The molecule has 1 rings (SSSR count). The van der Waals surface area contributed by atoms with Crippen LogP contribution in [0.1, 0.15) is 33.1 Å². The molecular formula is C7H18O2. The summed E-state index contributed by atoms with van der Waals surface area (Å²) < 4.78 is 0. The fourth-order valence-electron chi connectivity index (χ4n) is 0. The fraction of sp³-hybridized carbons (Fsp3) is 1.00. The van der Waals surface area contributed by atoms with Gasteiger partial charge in [0, 0.05) is 13.2 Å². The van der Waals surface area contributed by atoms with Gasteiger partial charge in [0.15, 0.2) is 0 Å². The highest BCUT2D eigenvalue weighted by Crippen LogP contribution is 2.14. The smallest absolute Gasteiger partial charge is 0.0402 e. The maximum absolute atomic E-state index is 7.57. The zero-order valence-corrected chi connectivity index (χ0v) is 6.43. The Kier molecular flexibility index (Phi) is 20.3. The van der Waals surface area contributed by atoms with E-state index in [0.717, 1.165) is 0 Å². The first kappa shape index (κ1) is 11.7. The van der Waals surface area contributed by atoms with Gasteiger partial charge < -0.3 is 10.2 Å². The number of aliphatic hydroxyl groups is 2. The summed E-state index contributed by atoms with van der Waals surface area (Å²) in [6, 6.07) is 0. The van der Waals surface area contributed by atoms with E-state index < -0.39 is 0 Å². The fourth-order valence-corrected chi connectivity index (χ4v) is 0. The SMILES string of the molecule is C1CC1.CCO.CCO. The van der Waals surface area contributed by atoms with Crippen LogP contribution in [0, 0.1) is 0 Å². The van der Waals surface area contributed by atoms with Crippen LogP contribution >= 0.6 is 0 Å². The molecule has 0 aliphatic heterocycles. The maximum atomic E-state index is 7.57. The Labute approximate surface area is 57.5 Å². The van der Waals surface area contributed by atoms with Crippen molar-refractivity contribution >= 4 is 0 Å². The molecule has 1 fully saturated rings. The van der Waals surface area contributed by atoms with E-state index in [1.165, 1.54) is 19.3 Å². The quantitative estimate of drug-likeness (QED) is 0.522. The summed E-state index contributed by atoms with van der Waals surface area (Å²) in [6.45, 7) is 3.86. The van der Waals surface area contributed by atoms with Crippen molar-refractivity contribution in [1.29, 1.82) is 0 Å². The molecule has 0 amide bonds. The Balaban J connectivity index is 0. The molecule has 1 aliphatic rings. The van der Waals surface area contributed by atoms with Gasteiger partial charge in [0.25, 0.3) is 0 Å². The lowest BCUT2D eigenvalue weighted by Crippen LogP contribution is -1.57. The molecule has 2 N–H and O–H groups in total. The van der Waals surface area contributed by atoms with Crippen molar-refractivity contribution in [3.05, 3.63) is 0 Å². The summed E-state index contributed by atoms with van der Waals surface area (Å²) in [5.74, 6) is 0. The Morgan fingerprint density at radius 1 is 0.889 bits per heavy atom. The number of aliphatic hydroxyl groups excluding tert-OH is 2. The molecule has 2 nitrogen and oxygen atoms in total. The zero-order valence-electron chi connectivity index (χ0n) is 6.43. The monoisotopic (exact) mass is 134 g/mol. The third-order valence-corrected chi connectivity index (χ3v) is 0.354.